The van der Waals surface area contributed by atoms with Gasteiger partial charge in [0.25, 0.3) is 5.91 Å². The summed E-state index contributed by atoms with van der Waals surface area (Å²) in [5.41, 5.74) is 2.39. The molecular weight excluding hydrogens is 320 g/mol. The van der Waals surface area contributed by atoms with Crippen molar-refractivity contribution in [3.05, 3.63) is 35.7 Å². The molecule has 0 saturated carbocycles. The van der Waals surface area contributed by atoms with Gasteiger partial charge in [-0.3, -0.25) is 4.79 Å². The smallest absolute Gasteiger partial charge is 0.267 e. The number of rotatable bonds is 3. The maximum absolute atomic E-state index is 12.0. The van der Waals surface area contributed by atoms with E-state index in [1.165, 1.54) is 4.63 Å². The third-order valence-corrected chi connectivity index (χ3v) is 4.81. The first kappa shape index (κ1) is 15.6. The van der Waals surface area contributed by atoms with Crippen LogP contribution in [0.25, 0.3) is 5.65 Å². The Morgan fingerprint density at radius 1 is 1.24 bits per heavy atom. The van der Waals surface area contributed by atoms with Gasteiger partial charge in [-0.1, -0.05) is 0 Å². The summed E-state index contributed by atoms with van der Waals surface area (Å²) in [7, 11) is 3.58. The molecule has 0 aromatic carbocycles. The molecule has 3 aromatic heterocycles. The van der Waals surface area contributed by atoms with Crippen molar-refractivity contribution in [2.24, 2.45) is 7.05 Å². The Balaban J connectivity index is 1.72. The average molecular weight is 340 g/mol. The van der Waals surface area contributed by atoms with Gasteiger partial charge in [-0.05, 0) is 54.0 Å². The van der Waals surface area contributed by atoms with Crippen LogP contribution in [0.5, 0.6) is 0 Å². The molecule has 4 heterocycles. The Hall–Kier alpha value is -2.97. The minimum atomic E-state index is -0.0793. The Morgan fingerprint density at radius 2 is 2.12 bits per heavy atom. The quantitative estimate of drug-likeness (QED) is 0.763. The lowest BCUT2D eigenvalue weighted by Gasteiger charge is -2.36. The van der Waals surface area contributed by atoms with Gasteiger partial charge in [-0.25, -0.2) is 0 Å². The Kier molecular flexibility index (Phi) is 3.83. The van der Waals surface area contributed by atoms with Gasteiger partial charge in [0.15, 0.2) is 11.5 Å². The van der Waals surface area contributed by atoms with E-state index in [0.717, 1.165) is 37.3 Å². The van der Waals surface area contributed by atoms with E-state index in [4.69, 9.17) is 0 Å². The zero-order valence-electron chi connectivity index (χ0n) is 14.3. The molecule has 1 amide bonds. The molecule has 0 spiro atoms. The molecule has 9 heteroatoms. The molecule has 1 N–H and O–H groups in total. The van der Waals surface area contributed by atoms with Crippen molar-refractivity contribution in [2.75, 3.05) is 18.5 Å². The second kappa shape index (κ2) is 6.15. The fraction of sp³-hybridized carbons (Fsp3) is 0.438. The topological polar surface area (TPSA) is 93.2 Å². The number of fused-ring (bicyclic) bond motifs is 1. The molecule has 1 saturated heterocycles. The number of amides is 1. The van der Waals surface area contributed by atoms with Crippen LogP contribution in [0, 0.1) is 0 Å². The maximum atomic E-state index is 12.0. The number of anilines is 1. The molecule has 1 unspecified atom stereocenters. The summed E-state index contributed by atoms with van der Waals surface area (Å²) in [6.07, 6.45) is 3.27. The van der Waals surface area contributed by atoms with E-state index in [2.05, 4.69) is 30.8 Å². The molecular formula is C16H20N8O. The van der Waals surface area contributed by atoms with E-state index < -0.39 is 0 Å². The van der Waals surface area contributed by atoms with Gasteiger partial charge in [0.2, 0.25) is 0 Å². The van der Waals surface area contributed by atoms with Gasteiger partial charge in [-0.15, -0.1) is 14.8 Å². The lowest BCUT2D eigenvalue weighted by molar-refractivity contribution is 0.0954. The number of carbonyl (C=O) groups excluding carboxylic acids is 1. The average Bonchev–Trinajstić information content (AvgIpc) is 3.26. The highest BCUT2D eigenvalue weighted by Gasteiger charge is 2.28. The van der Waals surface area contributed by atoms with Crippen molar-refractivity contribution in [3.63, 3.8) is 0 Å². The minimum Gasteiger partial charge on any atom is -0.354 e. The summed E-state index contributed by atoms with van der Waals surface area (Å²) in [4.78, 5) is 14.3. The zero-order valence-corrected chi connectivity index (χ0v) is 14.3. The SMILES string of the molecule is CNC(=O)c1ccc(C2CCCCN2c2ccc3nnnn3n2)n1C. The lowest BCUT2D eigenvalue weighted by atomic mass is 9.99. The molecule has 130 valence electrons. The van der Waals surface area contributed by atoms with E-state index in [1.54, 1.807) is 7.05 Å². The normalized spacial score (nSPS) is 17.8. The van der Waals surface area contributed by atoms with E-state index in [-0.39, 0.29) is 11.9 Å². The van der Waals surface area contributed by atoms with Crippen molar-refractivity contribution in [1.29, 1.82) is 0 Å². The van der Waals surface area contributed by atoms with E-state index in [0.29, 0.717) is 11.3 Å². The van der Waals surface area contributed by atoms with Crippen LogP contribution in [0.15, 0.2) is 24.3 Å². The summed E-state index contributed by atoms with van der Waals surface area (Å²) in [5.74, 6) is 0.761. The Labute approximate surface area is 144 Å². The fourth-order valence-electron chi connectivity index (χ4n) is 3.52. The second-order valence-corrected chi connectivity index (χ2v) is 6.20. The van der Waals surface area contributed by atoms with Gasteiger partial charge in [-0.2, -0.15) is 0 Å². The second-order valence-electron chi connectivity index (χ2n) is 6.20. The number of hydrogen-bond acceptors (Lipinski definition) is 6. The van der Waals surface area contributed by atoms with E-state index in [1.807, 2.05) is 35.9 Å². The fourth-order valence-corrected chi connectivity index (χ4v) is 3.52. The van der Waals surface area contributed by atoms with Gasteiger partial charge in [0, 0.05) is 26.3 Å². The monoisotopic (exact) mass is 340 g/mol. The van der Waals surface area contributed by atoms with Crippen LogP contribution in [-0.2, 0) is 7.05 Å². The summed E-state index contributed by atoms with van der Waals surface area (Å²) in [6.45, 7) is 0.909. The van der Waals surface area contributed by atoms with Crippen LogP contribution in [-0.4, -0.2) is 49.3 Å². The number of nitrogens with zero attached hydrogens (tertiary/aromatic N) is 7. The predicted molar refractivity (Wildman–Crippen MR) is 91.3 cm³/mol. The van der Waals surface area contributed by atoms with Crippen LogP contribution in [0.4, 0.5) is 5.82 Å². The maximum Gasteiger partial charge on any atom is 0.267 e. The molecule has 3 aromatic rings. The molecule has 1 aliphatic heterocycles. The van der Waals surface area contributed by atoms with E-state index in [9.17, 15) is 4.79 Å². The summed E-state index contributed by atoms with van der Waals surface area (Å²) < 4.78 is 3.42. The molecule has 1 fully saturated rings. The highest BCUT2D eigenvalue weighted by atomic mass is 16.1. The van der Waals surface area contributed by atoms with Crippen molar-refractivity contribution in [1.82, 2.24) is 35.1 Å². The van der Waals surface area contributed by atoms with Crippen LogP contribution < -0.4 is 10.2 Å². The molecule has 0 bridgehead atoms. The van der Waals surface area contributed by atoms with Gasteiger partial charge >= 0.3 is 0 Å². The standard InChI is InChI=1S/C16H20N8O/c1-17-16(25)13-7-6-11(22(13)2)12-5-3-4-10-23(12)15-9-8-14-18-20-21-24(14)19-15/h6-9,12H,3-5,10H2,1-2H3,(H,17,25). The van der Waals surface area contributed by atoms with Crippen LogP contribution >= 0.6 is 0 Å². The number of piperidine rings is 1. The van der Waals surface area contributed by atoms with E-state index >= 15 is 0 Å². The molecule has 0 aliphatic carbocycles. The third kappa shape index (κ3) is 2.61. The zero-order chi connectivity index (χ0) is 17.4. The lowest BCUT2D eigenvalue weighted by Crippen LogP contribution is -2.35. The molecule has 9 nitrogen and oxygen atoms in total. The first-order valence-corrected chi connectivity index (χ1v) is 8.39. The molecule has 4 rings (SSSR count). The minimum absolute atomic E-state index is 0.0793. The number of hydrogen-bond donors (Lipinski definition) is 1. The van der Waals surface area contributed by atoms with Gasteiger partial charge < -0.3 is 14.8 Å². The largest absolute Gasteiger partial charge is 0.354 e. The summed E-state index contributed by atoms with van der Waals surface area (Å²) >= 11 is 0. The summed E-state index contributed by atoms with van der Waals surface area (Å²) in [5, 5.41) is 18.7. The van der Waals surface area contributed by atoms with Crippen molar-refractivity contribution < 1.29 is 4.79 Å². The number of aromatic nitrogens is 6. The summed E-state index contributed by atoms with van der Waals surface area (Å²) in [6, 6.07) is 7.89. The highest BCUT2D eigenvalue weighted by molar-refractivity contribution is 5.92. The molecule has 0 radical (unpaired) electrons. The van der Waals surface area contributed by atoms with Crippen LogP contribution in [0.1, 0.15) is 41.5 Å². The molecule has 1 atom stereocenters. The van der Waals surface area contributed by atoms with Crippen LogP contribution in [0.2, 0.25) is 0 Å². The highest BCUT2D eigenvalue weighted by Crippen LogP contribution is 2.34. The first-order valence-electron chi connectivity index (χ1n) is 8.39. The third-order valence-electron chi connectivity index (χ3n) is 4.81. The molecule has 25 heavy (non-hydrogen) atoms. The Bertz CT molecular complexity index is 914. The van der Waals surface area contributed by atoms with Crippen molar-refractivity contribution >= 4 is 17.4 Å². The van der Waals surface area contributed by atoms with Gasteiger partial charge in [0.05, 0.1) is 6.04 Å². The van der Waals surface area contributed by atoms with Gasteiger partial charge in [0.1, 0.15) is 5.69 Å². The predicted octanol–water partition coefficient (Wildman–Crippen LogP) is 0.949. The molecule has 1 aliphatic rings. The van der Waals surface area contributed by atoms with Crippen molar-refractivity contribution in [2.45, 2.75) is 25.3 Å². The van der Waals surface area contributed by atoms with Crippen molar-refractivity contribution in [3.8, 4) is 0 Å². The Morgan fingerprint density at radius 3 is 2.96 bits per heavy atom. The van der Waals surface area contributed by atoms with Crippen LogP contribution in [0.3, 0.4) is 0 Å². The number of nitrogens with one attached hydrogen (secondary N) is 1. The number of carbonyl (C=O) groups is 1. The first-order chi connectivity index (χ1) is 12.2. The number of tetrazole rings is 1.